The first-order chi connectivity index (χ1) is 10.7. The van der Waals surface area contributed by atoms with E-state index in [1.165, 1.54) is 12.1 Å². The highest BCUT2D eigenvalue weighted by molar-refractivity contribution is 5.77. The van der Waals surface area contributed by atoms with E-state index in [4.69, 9.17) is 9.84 Å². The summed E-state index contributed by atoms with van der Waals surface area (Å²) in [5.74, 6) is -1.43. The number of amides is 1. The van der Waals surface area contributed by atoms with Crippen LogP contribution in [0.5, 0.6) is 5.75 Å². The van der Waals surface area contributed by atoms with E-state index in [2.05, 4.69) is 10.1 Å². The fourth-order valence-electron chi connectivity index (χ4n) is 1.62. The molecular weight excluding hydrogens is 319 g/mol. The summed E-state index contributed by atoms with van der Waals surface area (Å²) in [6, 6.07) is 5.82. The van der Waals surface area contributed by atoms with Gasteiger partial charge in [0, 0.05) is 0 Å². The third-order valence-electron chi connectivity index (χ3n) is 2.62. The predicted molar refractivity (Wildman–Crippen MR) is 73.0 cm³/mol. The van der Waals surface area contributed by atoms with Gasteiger partial charge in [-0.15, -0.1) is 0 Å². The van der Waals surface area contributed by atoms with Gasteiger partial charge in [0.1, 0.15) is 19.0 Å². The summed E-state index contributed by atoms with van der Waals surface area (Å²) in [5.41, 5.74) is 0.678. The van der Waals surface area contributed by atoms with Crippen LogP contribution in [0.4, 0.5) is 13.2 Å². The molecule has 0 aromatic heterocycles. The van der Waals surface area contributed by atoms with Crippen LogP contribution in [0, 0.1) is 0 Å². The lowest BCUT2D eigenvalue weighted by Crippen LogP contribution is -2.31. The molecule has 0 heterocycles. The summed E-state index contributed by atoms with van der Waals surface area (Å²) >= 11 is 0. The van der Waals surface area contributed by atoms with Gasteiger partial charge in [0.25, 0.3) is 0 Å². The van der Waals surface area contributed by atoms with Crippen LogP contribution in [0.15, 0.2) is 24.3 Å². The summed E-state index contributed by atoms with van der Waals surface area (Å²) in [4.78, 5) is 21.8. The third kappa shape index (κ3) is 8.05. The van der Waals surface area contributed by atoms with Crippen molar-refractivity contribution in [3.05, 3.63) is 29.8 Å². The number of carboxylic acid groups (broad SMARTS) is 1. The van der Waals surface area contributed by atoms with Crippen molar-refractivity contribution in [1.29, 1.82) is 0 Å². The highest BCUT2D eigenvalue weighted by Crippen LogP contribution is 2.18. The smallest absolute Gasteiger partial charge is 0.411 e. The van der Waals surface area contributed by atoms with Crippen LogP contribution in [0.2, 0.25) is 0 Å². The number of carbonyl (C=O) groups is 2. The maximum atomic E-state index is 11.9. The Morgan fingerprint density at radius 2 is 1.83 bits per heavy atom. The Morgan fingerprint density at radius 1 is 1.22 bits per heavy atom. The largest absolute Gasteiger partial charge is 0.482 e. The molecular formula is C14H16F3NO5. The van der Waals surface area contributed by atoms with Crippen molar-refractivity contribution in [2.75, 3.05) is 19.8 Å². The Hall–Kier alpha value is -2.29. The van der Waals surface area contributed by atoms with Crippen molar-refractivity contribution in [1.82, 2.24) is 5.32 Å². The second-order valence-electron chi connectivity index (χ2n) is 4.65. The van der Waals surface area contributed by atoms with Gasteiger partial charge in [-0.25, -0.2) is 4.79 Å². The van der Waals surface area contributed by atoms with Crippen molar-refractivity contribution >= 4 is 11.9 Å². The van der Waals surface area contributed by atoms with Crippen molar-refractivity contribution < 1.29 is 37.3 Å². The predicted octanol–water partition coefficient (Wildman–Crippen LogP) is 1.91. The number of hydrogen-bond acceptors (Lipinski definition) is 4. The summed E-state index contributed by atoms with van der Waals surface area (Å²) in [6.45, 7) is -0.995. The van der Waals surface area contributed by atoms with Crippen LogP contribution < -0.4 is 10.1 Å². The highest BCUT2D eigenvalue weighted by atomic mass is 19.4. The van der Waals surface area contributed by atoms with E-state index < -0.39 is 43.9 Å². The number of nitrogens with one attached hydrogen (secondary N) is 1. The Balaban J connectivity index is 2.43. The summed E-state index contributed by atoms with van der Waals surface area (Å²) in [5, 5.41) is 11.0. The fourth-order valence-corrected chi connectivity index (χ4v) is 1.62. The minimum Gasteiger partial charge on any atom is -0.482 e. The van der Waals surface area contributed by atoms with Crippen LogP contribution in [-0.2, 0) is 14.3 Å². The Labute approximate surface area is 130 Å². The molecule has 0 aliphatic carbocycles. The van der Waals surface area contributed by atoms with Crippen molar-refractivity contribution in [3.63, 3.8) is 0 Å². The molecule has 0 saturated carbocycles. The maximum absolute atomic E-state index is 11.9. The molecule has 0 bridgehead atoms. The molecule has 1 aromatic rings. The van der Waals surface area contributed by atoms with E-state index in [9.17, 15) is 22.8 Å². The molecule has 0 spiro atoms. The second kappa shape index (κ2) is 8.37. The number of alkyl halides is 3. The molecule has 0 radical (unpaired) electrons. The molecule has 23 heavy (non-hydrogen) atoms. The van der Waals surface area contributed by atoms with Gasteiger partial charge in [-0.2, -0.15) is 13.2 Å². The van der Waals surface area contributed by atoms with Crippen molar-refractivity contribution in [2.45, 2.75) is 19.1 Å². The number of benzene rings is 1. The average Bonchev–Trinajstić information content (AvgIpc) is 2.44. The molecule has 0 aliphatic heterocycles. The zero-order chi connectivity index (χ0) is 17.5. The molecule has 6 nitrogen and oxygen atoms in total. The van der Waals surface area contributed by atoms with E-state index in [1.807, 2.05) is 0 Å². The van der Waals surface area contributed by atoms with Gasteiger partial charge in [-0.3, -0.25) is 4.79 Å². The van der Waals surface area contributed by atoms with Gasteiger partial charge in [-0.1, -0.05) is 12.1 Å². The lowest BCUT2D eigenvalue weighted by Gasteiger charge is -2.15. The Kier molecular flexibility index (Phi) is 6.83. The Bertz CT molecular complexity index is 530. The van der Waals surface area contributed by atoms with Crippen molar-refractivity contribution in [3.8, 4) is 5.75 Å². The van der Waals surface area contributed by atoms with Gasteiger partial charge in [0.15, 0.2) is 6.61 Å². The number of carboxylic acids is 1. The van der Waals surface area contributed by atoms with Crippen LogP contribution in [0.25, 0.3) is 0 Å². The first-order valence-electron chi connectivity index (χ1n) is 6.56. The van der Waals surface area contributed by atoms with Gasteiger partial charge in [0.05, 0.1) is 6.04 Å². The number of halogens is 3. The second-order valence-corrected chi connectivity index (χ2v) is 4.65. The minimum absolute atomic E-state index is 0.350. The summed E-state index contributed by atoms with van der Waals surface area (Å²) in [7, 11) is 0. The number of aliphatic carboxylic acids is 1. The first kappa shape index (κ1) is 18.8. The lowest BCUT2D eigenvalue weighted by atomic mass is 10.1. The van der Waals surface area contributed by atoms with Crippen LogP contribution in [0.1, 0.15) is 18.5 Å². The standard InChI is InChI=1S/C14H16F3NO5/c1-9(18-12(19)6-22-8-14(15,16)17)10-2-4-11(5-3-10)23-7-13(20)21/h2-5,9H,6-8H2,1H3,(H,18,19)(H,20,21). The van der Waals surface area contributed by atoms with E-state index >= 15 is 0 Å². The zero-order valence-corrected chi connectivity index (χ0v) is 12.2. The van der Waals surface area contributed by atoms with Crippen LogP contribution >= 0.6 is 0 Å². The molecule has 1 atom stereocenters. The van der Waals surface area contributed by atoms with Gasteiger partial charge in [-0.05, 0) is 24.6 Å². The number of rotatable bonds is 8. The Morgan fingerprint density at radius 3 is 2.35 bits per heavy atom. The van der Waals surface area contributed by atoms with E-state index in [0.29, 0.717) is 11.3 Å². The molecule has 0 saturated heterocycles. The molecule has 1 amide bonds. The van der Waals surface area contributed by atoms with Gasteiger partial charge in [0.2, 0.25) is 5.91 Å². The fraction of sp³-hybridized carbons (Fsp3) is 0.429. The third-order valence-corrected chi connectivity index (χ3v) is 2.62. The average molecular weight is 335 g/mol. The molecule has 1 unspecified atom stereocenters. The number of ether oxygens (including phenoxy) is 2. The molecule has 1 aromatic carbocycles. The quantitative estimate of drug-likeness (QED) is 0.758. The van der Waals surface area contributed by atoms with Gasteiger partial charge < -0.3 is 19.9 Å². The van der Waals surface area contributed by atoms with Crippen molar-refractivity contribution in [2.24, 2.45) is 0 Å². The molecule has 2 N–H and O–H groups in total. The van der Waals surface area contributed by atoms with Crippen LogP contribution in [0.3, 0.4) is 0 Å². The number of carbonyl (C=O) groups excluding carboxylic acids is 1. The molecule has 0 aliphatic rings. The normalized spacial score (nSPS) is 12.5. The summed E-state index contributed by atoms with van der Waals surface area (Å²) < 4.78 is 44.8. The molecule has 0 fully saturated rings. The highest BCUT2D eigenvalue weighted by Gasteiger charge is 2.27. The topological polar surface area (TPSA) is 84.9 Å². The molecule has 1 rings (SSSR count). The molecule has 9 heteroatoms. The van der Waals surface area contributed by atoms with E-state index in [-0.39, 0.29) is 0 Å². The van der Waals surface area contributed by atoms with Crippen LogP contribution in [-0.4, -0.2) is 43.0 Å². The molecule has 128 valence electrons. The van der Waals surface area contributed by atoms with E-state index in [0.717, 1.165) is 0 Å². The SMILES string of the molecule is CC(NC(=O)COCC(F)(F)F)c1ccc(OCC(=O)O)cc1. The van der Waals surface area contributed by atoms with Gasteiger partial charge >= 0.3 is 12.1 Å². The summed E-state index contributed by atoms with van der Waals surface area (Å²) in [6.07, 6.45) is -4.47. The zero-order valence-electron chi connectivity index (χ0n) is 12.2. The lowest BCUT2D eigenvalue weighted by molar-refractivity contribution is -0.175. The monoisotopic (exact) mass is 335 g/mol. The first-order valence-corrected chi connectivity index (χ1v) is 6.56. The minimum atomic E-state index is -4.47. The van der Waals surface area contributed by atoms with E-state index in [1.54, 1.807) is 19.1 Å². The maximum Gasteiger partial charge on any atom is 0.411 e. The number of hydrogen-bond donors (Lipinski definition) is 2.